The normalized spacial score (nSPS) is 13.0. The highest BCUT2D eigenvalue weighted by Crippen LogP contribution is 2.45. The van der Waals surface area contributed by atoms with Gasteiger partial charge in [0.05, 0.1) is 16.6 Å². The van der Waals surface area contributed by atoms with Gasteiger partial charge in [-0.05, 0) is 61.4 Å². The Morgan fingerprint density at radius 3 is 2.43 bits per heavy atom. The van der Waals surface area contributed by atoms with E-state index in [4.69, 9.17) is 23.2 Å². The van der Waals surface area contributed by atoms with Crippen molar-refractivity contribution in [2.24, 2.45) is 0 Å². The quantitative estimate of drug-likeness (QED) is 0.397. The summed E-state index contributed by atoms with van der Waals surface area (Å²) >= 11 is 12.2. The SMILES string of the molecule is Cc1ccc(-c2cc(C(=O)NC(C)c3ccc(Cl)cc3Cl)cc(S(C)(O)O)c2)nc1. The van der Waals surface area contributed by atoms with Gasteiger partial charge in [-0.25, -0.2) is 0 Å². The minimum atomic E-state index is -3.03. The number of halogens is 2. The molecule has 5 nitrogen and oxygen atoms in total. The summed E-state index contributed by atoms with van der Waals surface area (Å²) in [6.07, 6.45) is 3.04. The standard InChI is InChI=1S/C22H22Cl2N2O3S/c1-13-4-7-21(25-12-13)15-8-16(10-18(9-15)30(3,28)29)22(27)26-14(2)19-6-5-17(23)11-20(19)24/h4-12,14,28-29H,1-3H3,(H,26,27). The number of amides is 1. The Kier molecular flexibility index (Phi) is 6.75. The molecule has 1 amide bonds. The van der Waals surface area contributed by atoms with Gasteiger partial charge in [0.2, 0.25) is 0 Å². The van der Waals surface area contributed by atoms with Crippen molar-refractivity contribution in [3.8, 4) is 11.3 Å². The van der Waals surface area contributed by atoms with E-state index in [1.165, 1.54) is 12.3 Å². The third-order valence-corrected chi connectivity index (χ3v) is 6.29. The second kappa shape index (κ2) is 8.96. The first-order chi connectivity index (χ1) is 14.0. The van der Waals surface area contributed by atoms with E-state index in [-0.39, 0.29) is 16.8 Å². The number of carbonyl (C=O) groups excluding carboxylic acids is 1. The van der Waals surface area contributed by atoms with E-state index in [0.29, 0.717) is 26.9 Å². The molecule has 158 valence electrons. The number of nitrogens with zero attached hydrogens (tertiary/aromatic N) is 1. The van der Waals surface area contributed by atoms with Gasteiger partial charge in [0.25, 0.3) is 5.91 Å². The molecule has 30 heavy (non-hydrogen) atoms. The molecule has 1 heterocycles. The smallest absolute Gasteiger partial charge is 0.251 e. The summed E-state index contributed by atoms with van der Waals surface area (Å²) in [7, 11) is -3.03. The number of nitrogens with one attached hydrogen (secondary N) is 1. The van der Waals surface area contributed by atoms with Gasteiger partial charge in [0, 0.05) is 33.6 Å². The van der Waals surface area contributed by atoms with Crippen molar-refractivity contribution in [2.75, 3.05) is 6.26 Å². The lowest BCUT2D eigenvalue weighted by molar-refractivity contribution is 0.0939. The van der Waals surface area contributed by atoms with Crippen LogP contribution in [0.1, 0.15) is 34.5 Å². The molecular formula is C22H22Cl2N2O3S. The molecule has 0 saturated heterocycles. The average molecular weight is 465 g/mol. The second-order valence-electron chi connectivity index (χ2n) is 7.16. The van der Waals surface area contributed by atoms with Gasteiger partial charge in [-0.15, -0.1) is 0 Å². The molecule has 3 rings (SSSR count). The fraction of sp³-hybridized carbons (Fsp3) is 0.182. The first kappa shape index (κ1) is 22.6. The minimum absolute atomic E-state index is 0.268. The van der Waals surface area contributed by atoms with Crippen molar-refractivity contribution in [3.63, 3.8) is 0 Å². The highest BCUT2D eigenvalue weighted by atomic mass is 35.5. The molecule has 8 heteroatoms. The number of rotatable bonds is 5. The molecule has 0 spiro atoms. The summed E-state index contributed by atoms with van der Waals surface area (Å²) in [6, 6.07) is 13.2. The fourth-order valence-corrected chi connectivity index (χ4v) is 4.22. The average Bonchev–Trinajstić information content (AvgIpc) is 2.67. The Morgan fingerprint density at radius 2 is 1.83 bits per heavy atom. The van der Waals surface area contributed by atoms with Crippen LogP contribution in [0.3, 0.4) is 0 Å². The number of benzene rings is 2. The van der Waals surface area contributed by atoms with Gasteiger partial charge >= 0.3 is 0 Å². The molecule has 1 atom stereocenters. The molecule has 0 saturated carbocycles. The zero-order valence-corrected chi connectivity index (χ0v) is 19.0. The number of hydrogen-bond acceptors (Lipinski definition) is 4. The van der Waals surface area contributed by atoms with E-state index < -0.39 is 10.6 Å². The Morgan fingerprint density at radius 1 is 1.10 bits per heavy atom. The van der Waals surface area contributed by atoms with Crippen LogP contribution in [-0.4, -0.2) is 26.3 Å². The van der Waals surface area contributed by atoms with Crippen molar-refractivity contribution in [2.45, 2.75) is 24.8 Å². The number of aromatic nitrogens is 1. The molecule has 3 N–H and O–H groups in total. The van der Waals surface area contributed by atoms with Crippen LogP contribution in [0.5, 0.6) is 0 Å². The predicted octanol–water partition coefficient (Wildman–Crippen LogP) is 6.59. The van der Waals surface area contributed by atoms with E-state index >= 15 is 0 Å². The summed E-state index contributed by atoms with van der Waals surface area (Å²) in [5.74, 6) is -0.368. The third kappa shape index (κ3) is 5.33. The number of hydrogen-bond donors (Lipinski definition) is 3. The Labute approximate surface area is 187 Å². The Hall–Kier alpha value is -2.09. The predicted molar refractivity (Wildman–Crippen MR) is 124 cm³/mol. The van der Waals surface area contributed by atoms with Crippen molar-refractivity contribution in [1.29, 1.82) is 0 Å². The van der Waals surface area contributed by atoms with E-state index in [2.05, 4.69) is 10.3 Å². The number of pyridine rings is 1. The van der Waals surface area contributed by atoms with Crippen LogP contribution < -0.4 is 5.32 Å². The van der Waals surface area contributed by atoms with Gasteiger partial charge in [-0.1, -0.05) is 35.3 Å². The molecule has 0 fully saturated rings. The van der Waals surface area contributed by atoms with Gasteiger partial charge < -0.3 is 5.32 Å². The summed E-state index contributed by atoms with van der Waals surface area (Å²) in [4.78, 5) is 17.6. The zero-order chi connectivity index (χ0) is 22.1. The van der Waals surface area contributed by atoms with Gasteiger partial charge in [-0.3, -0.25) is 18.9 Å². The third-order valence-electron chi connectivity index (χ3n) is 4.60. The highest BCUT2D eigenvalue weighted by Gasteiger charge is 2.19. The molecule has 0 aliphatic rings. The van der Waals surface area contributed by atoms with Crippen molar-refractivity contribution in [1.82, 2.24) is 10.3 Å². The second-order valence-corrected chi connectivity index (χ2v) is 10.1. The largest absolute Gasteiger partial charge is 0.345 e. The first-order valence-corrected chi connectivity index (χ1v) is 11.8. The van der Waals surface area contributed by atoms with Gasteiger partial charge in [0.1, 0.15) is 0 Å². The van der Waals surface area contributed by atoms with E-state index in [9.17, 15) is 13.9 Å². The zero-order valence-electron chi connectivity index (χ0n) is 16.7. The maximum absolute atomic E-state index is 13.0. The monoisotopic (exact) mass is 464 g/mol. The lowest BCUT2D eigenvalue weighted by atomic mass is 10.0. The van der Waals surface area contributed by atoms with Crippen molar-refractivity contribution < 1.29 is 13.9 Å². The van der Waals surface area contributed by atoms with Crippen molar-refractivity contribution >= 4 is 39.7 Å². The molecule has 0 aliphatic heterocycles. The van der Waals surface area contributed by atoms with E-state index in [0.717, 1.165) is 11.1 Å². The van der Waals surface area contributed by atoms with Gasteiger partial charge in [-0.2, -0.15) is 10.6 Å². The summed E-state index contributed by atoms with van der Waals surface area (Å²) in [6.45, 7) is 3.74. The molecule has 0 bridgehead atoms. The van der Waals surface area contributed by atoms with Crippen LogP contribution in [0.25, 0.3) is 11.3 Å². The molecule has 2 aromatic carbocycles. The van der Waals surface area contributed by atoms with E-state index in [1.807, 2.05) is 26.0 Å². The Balaban J connectivity index is 1.96. The molecule has 1 unspecified atom stereocenters. The number of aryl methyl sites for hydroxylation is 1. The van der Waals surface area contributed by atoms with Crippen LogP contribution in [0.15, 0.2) is 59.6 Å². The maximum Gasteiger partial charge on any atom is 0.251 e. The van der Waals surface area contributed by atoms with E-state index in [1.54, 1.807) is 36.5 Å². The van der Waals surface area contributed by atoms with Crippen LogP contribution in [0.2, 0.25) is 10.0 Å². The lowest BCUT2D eigenvalue weighted by Gasteiger charge is -2.28. The van der Waals surface area contributed by atoms with Crippen LogP contribution in [-0.2, 0) is 0 Å². The fourth-order valence-electron chi connectivity index (χ4n) is 2.95. The molecule has 3 aromatic rings. The molecular weight excluding hydrogens is 443 g/mol. The summed E-state index contributed by atoms with van der Waals surface area (Å²) < 4.78 is 20.4. The maximum atomic E-state index is 13.0. The molecule has 0 radical (unpaired) electrons. The molecule has 0 aliphatic carbocycles. The lowest BCUT2D eigenvalue weighted by Crippen LogP contribution is -2.27. The van der Waals surface area contributed by atoms with Crippen LogP contribution >= 0.6 is 33.8 Å². The van der Waals surface area contributed by atoms with Crippen molar-refractivity contribution in [3.05, 3.63) is 81.5 Å². The minimum Gasteiger partial charge on any atom is -0.345 e. The first-order valence-electron chi connectivity index (χ1n) is 9.12. The van der Waals surface area contributed by atoms with Gasteiger partial charge in [0.15, 0.2) is 0 Å². The van der Waals surface area contributed by atoms with Crippen LogP contribution in [0.4, 0.5) is 0 Å². The molecule has 1 aromatic heterocycles. The Bertz CT molecular complexity index is 1080. The highest BCUT2D eigenvalue weighted by molar-refractivity contribution is 8.23. The van der Waals surface area contributed by atoms with Crippen LogP contribution in [0, 0.1) is 6.92 Å². The number of carbonyl (C=O) groups is 1. The topological polar surface area (TPSA) is 82.5 Å². The summed E-state index contributed by atoms with van der Waals surface area (Å²) in [5, 5.41) is 3.87. The summed E-state index contributed by atoms with van der Waals surface area (Å²) in [5.41, 5.74) is 3.28.